The van der Waals surface area contributed by atoms with Crippen LogP contribution in [-0.2, 0) is 17.8 Å². The second-order valence-corrected chi connectivity index (χ2v) is 4.92. The fourth-order valence-corrected chi connectivity index (χ4v) is 2.76. The molecule has 1 saturated heterocycles. The standard InChI is InChI=1S/C14H19NO2/c1-4-12(7-11-3-2-6-15-8-11)13-9-16-10-17-14(13)5-1/h1,4-5,11,15H,2-3,6-10H2. The van der Waals surface area contributed by atoms with Gasteiger partial charge in [0, 0.05) is 5.56 Å². The van der Waals surface area contributed by atoms with Crippen LogP contribution in [0.15, 0.2) is 18.2 Å². The molecule has 0 aliphatic carbocycles. The Balaban J connectivity index is 1.77. The first kappa shape index (κ1) is 11.1. The highest BCUT2D eigenvalue weighted by Crippen LogP contribution is 2.29. The van der Waals surface area contributed by atoms with Crippen molar-refractivity contribution in [1.82, 2.24) is 5.32 Å². The van der Waals surface area contributed by atoms with Gasteiger partial charge in [-0.15, -0.1) is 0 Å². The van der Waals surface area contributed by atoms with E-state index in [2.05, 4.69) is 17.4 Å². The number of rotatable bonds is 2. The zero-order chi connectivity index (χ0) is 11.5. The van der Waals surface area contributed by atoms with Gasteiger partial charge in [0.25, 0.3) is 0 Å². The van der Waals surface area contributed by atoms with Gasteiger partial charge in [-0.1, -0.05) is 12.1 Å². The van der Waals surface area contributed by atoms with E-state index in [-0.39, 0.29) is 0 Å². The maximum Gasteiger partial charge on any atom is 0.189 e. The van der Waals surface area contributed by atoms with Crippen LogP contribution in [0.3, 0.4) is 0 Å². The van der Waals surface area contributed by atoms with Gasteiger partial charge in [0.15, 0.2) is 6.79 Å². The molecule has 3 heteroatoms. The van der Waals surface area contributed by atoms with E-state index in [0.717, 1.165) is 24.6 Å². The summed E-state index contributed by atoms with van der Waals surface area (Å²) in [5, 5.41) is 3.47. The first-order chi connectivity index (χ1) is 8.43. The highest BCUT2D eigenvalue weighted by Gasteiger charge is 2.19. The zero-order valence-corrected chi connectivity index (χ0v) is 10.1. The molecule has 92 valence electrons. The van der Waals surface area contributed by atoms with Crippen molar-refractivity contribution < 1.29 is 9.47 Å². The molecule has 0 amide bonds. The topological polar surface area (TPSA) is 30.5 Å². The number of benzene rings is 1. The molecule has 0 bridgehead atoms. The fourth-order valence-electron chi connectivity index (χ4n) is 2.76. The minimum Gasteiger partial charge on any atom is -0.467 e. The predicted molar refractivity (Wildman–Crippen MR) is 66.0 cm³/mol. The van der Waals surface area contributed by atoms with Gasteiger partial charge in [-0.25, -0.2) is 0 Å². The maximum atomic E-state index is 5.52. The summed E-state index contributed by atoms with van der Waals surface area (Å²) in [5.41, 5.74) is 2.65. The van der Waals surface area contributed by atoms with Crippen molar-refractivity contribution in [1.29, 1.82) is 0 Å². The monoisotopic (exact) mass is 233 g/mol. The molecule has 2 aliphatic heterocycles. The molecule has 3 rings (SSSR count). The van der Waals surface area contributed by atoms with E-state index in [9.17, 15) is 0 Å². The Bertz CT molecular complexity index is 386. The van der Waals surface area contributed by atoms with Crippen LogP contribution >= 0.6 is 0 Å². The number of nitrogens with one attached hydrogen (secondary N) is 1. The Morgan fingerprint density at radius 2 is 2.35 bits per heavy atom. The van der Waals surface area contributed by atoms with Gasteiger partial charge in [-0.2, -0.15) is 0 Å². The first-order valence-corrected chi connectivity index (χ1v) is 6.45. The molecule has 1 aromatic carbocycles. The van der Waals surface area contributed by atoms with E-state index >= 15 is 0 Å². The van der Waals surface area contributed by atoms with E-state index in [1.54, 1.807) is 0 Å². The molecule has 17 heavy (non-hydrogen) atoms. The Labute approximate surface area is 102 Å². The van der Waals surface area contributed by atoms with Crippen LogP contribution in [0.4, 0.5) is 0 Å². The van der Waals surface area contributed by atoms with E-state index in [0.29, 0.717) is 13.4 Å². The van der Waals surface area contributed by atoms with Crippen molar-refractivity contribution in [2.24, 2.45) is 5.92 Å². The second kappa shape index (κ2) is 5.07. The average Bonchev–Trinajstić information content (AvgIpc) is 2.40. The molecule has 0 spiro atoms. The lowest BCUT2D eigenvalue weighted by molar-refractivity contribution is -0.0169. The zero-order valence-electron chi connectivity index (χ0n) is 10.1. The van der Waals surface area contributed by atoms with Crippen molar-refractivity contribution >= 4 is 0 Å². The van der Waals surface area contributed by atoms with Crippen molar-refractivity contribution in [2.75, 3.05) is 19.9 Å². The van der Waals surface area contributed by atoms with Crippen molar-refractivity contribution in [3.8, 4) is 5.75 Å². The van der Waals surface area contributed by atoms with Gasteiger partial charge in [-0.3, -0.25) is 0 Å². The van der Waals surface area contributed by atoms with Crippen LogP contribution in [-0.4, -0.2) is 19.9 Å². The third-order valence-corrected chi connectivity index (χ3v) is 3.68. The van der Waals surface area contributed by atoms with Crippen molar-refractivity contribution in [3.63, 3.8) is 0 Å². The maximum absolute atomic E-state index is 5.52. The van der Waals surface area contributed by atoms with Crippen LogP contribution in [0.2, 0.25) is 0 Å². The van der Waals surface area contributed by atoms with E-state index in [4.69, 9.17) is 9.47 Å². The smallest absolute Gasteiger partial charge is 0.189 e. The number of ether oxygens (including phenoxy) is 2. The SMILES string of the molecule is c1cc(CC2CCCNC2)c2c(c1)OCOC2. The number of fused-ring (bicyclic) bond motifs is 1. The van der Waals surface area contributed by atoms with E-state index < -0.39 is 0 Å². The summed E-state index contributed by atoms with van der Waals surface area (Å²) in [7, 11) is 0. The Morgan fingerprint density at radius 3 is 3.24 bits per heavy atom. The molecule has 1 N–H and O–H groups in total. The van der Waals surface area contributed by atoms with Crippen LogP contribution < -0.4 is 10.1 Å². The molecule has 3 nitrogen and oxygen atoms in total. The minimum atomic E-state index is 0.390. The molecule has 1 aromatic rings. The summed E-state index contributed by atoms with van der Waals surface area (Å²) >= 11 is 0. The Morgan fingerprint density at radius 1 is 1.35 bits per heavy atom. The summed E-state index contributed by atoms with van der Waals surface area (Å²) in [5.74, 6) is 1.77. The molecular weight excluding hydrogens is 214 g/mol. The highest BCUT2D eigenvalue weighted by atomic mass is 16.7. The fraction of sp³-hybridized carbons (Fsp3) is 0.571. The van der Waals surface area contributed by atoms with Gasteiger partial charge in [0.1, 0.15) is 5.75 Å². The predicted octanol–water partition coefficient (Wildman–Crippen LogP) is 2.10. The molecular formula is C14H19NO2. The van der Waals surface area contributed by atoms with Crippen LogP contribution in [0.1, 0.15) is 24.0 Å². The Hall–Kier alpha value is -1.06. The van der Waals surface area contributed by atoms with E-state index in [1.165, 1.54) is 30.5 Å². The van der Waals surface area contributed by atoms with Crippen LogP contribution in [0.25, 0.3) is 0 Å². The summed E-state index contributed by atoms with van der Waals surface area (Å²) in [4.78, 5) is 0. The van der Waals surface area contributed by atoms with Gasteiger partial charge >= 0.3 is 0 Å². The van der Waals surface area contributed by atoms with Gasteiger partial charge in [-0.05, 0) is 49.9 Å². The highest BCUT2D eigenvalue weighted by molar-refractivity contribution is 5.40. The first-order valence-electron chi connectivity index (χ1n) is 6.45. The molecule has 0 saturated carbocycles. The number of hydrogen-bond acceptors (Lipinski definition) is 3. The third kappa shape index (κ3) is 2.45. The number of hydrogen-bond donors (Lipinski definition) is 1. The number of piperidine rings is 1. The van der Waals surface area contributed by atoms with E-state index in [1.807, 2.05) is 6.07 Å². The third-order valence-electron chi connectivity index (χ3n) is 3.68. The summed E-state index contributed by atoms with van der Waals surface area (Å²) < 4.78 is 10.9. The van der Waals surface area contributed by atoms with Crippen molar-refractivity contribution in [2.45, 2.75) is 25.9 Å². The van der Waals surface area contributed by atoms with Gasteiger partial charge in [0.2, 0.25) is 0 Å². The lowest BCUT2D eigenvalue weighted by Crippen LogP contribution is -2.31. The van der Waals surface area contributed by atoms with Crippen LogP contribution in [0, 0.1) is 5.92 Å². The quantitative estimate of drug-likeness (QED) is 0.848. The largest absolute Gasteiger partial charge is 0.467 e. The second-order valence-electron chi connectivity index (χ2n) is 4.92. The lowest BCUT2D eigenvalue weighted by Gasteiger charge is -2.25. The average molecular weight is 233 g/mol. The molecule has 1 atom stereocenters. The Kier molecular flexibility index (Phi) is 3.29. The molecule has 1 unspecified atom stereocenters. The molecule has 2 aliphatic rings. The summed E-state index contributed by atoms with van der Waals surface area (Å²) in [6.07, 6.45) is 3.77. The molecule has 1 fully saturated rings. The molecule has 0 aromatic heterocycles. The van der Waals surface area contributed by atoms with Crippen molar-refractivity contribution in [3.05, 3.63) is 29.3 Å². The minimum absolute atomic E-state index is 0.390. The van der Waals surface area contributed by atoms with Gasteiger partial charge < -0.3 is 14.8 Å². The summed E-state index contributed by atoms with van der Waals surface area (Å²) in [6.45, 7) is 3.41. The van der Waals surface area contributed by atoms with Crippen LogP contribution in [0.5, 0.6) is 5.75 Å². The lowest BCUT2D eigenvalue weighted by atomic mass is 9.90. The van der Waals surface area contributed by atoms with Gasteiger partial charge in [0.05, 0.1) is 6.61 Å². The molecule has 2 heterocycles. The normalized spacial score (nSPS) is 23.9. The molecule has 0 radical (unpaired) electrons. The summed E-state index contributed by atoms with van der Waals surface area (Å²) in [6, 6.07) is 6.35.